The smallest absolute Gasteiger partial charge is 0.326 e. The van der Waals surface area contributed by atoms with Gasteiger partial charge in [-0.1, -0.05) is 26.7 Å². The highest BCUT2D eigenvalue weighted by Crippen LogP contribution is 2.22. The van der Waals surface area contributed by atoms with Crippen LogP contribution >= 0.6 is 11.8 Å². The van der Waals surface area contributed by atoms with Crippen LogP contribution in [0, 0.1) is 0 Å². The number of carbonyl (C=O) groups is 3. The lowest BCUT2D eigenvalue weighted by atomic mass is 10.1. The van der Waals surface area contributed by atoms with Gasteiger partial charge in [0.25, 0.3) is 0 Å². The van der Waals surface area contributed by atoms with Crippen molar-refractivity contribution in [1.29, 1.82) is 0 Å². The van der Waals surface area contributed by atoms with Gasteiger partial charge in [0.15, 0.2) is 0 Å². The number of hydrogen-bond donors (Lipinski definition) is 2. The fourth-order valence-corrected chi connectivity index (χ4v) is 3.38. The average Bonchev–Trinajstić information content (AvgIpc) is 2.92. The van der Waals surface area contributed by atoms with Gasteiger partial charge in [0, 0.05) is 12.2 Å². The predicted molar refractivity (Wildman–Crippen MR) is 82.0 cm³/mol. The van der Waals surface area contributed by atoms with E-state index in [4.69, 9.17) is 5.11 Å². The molecule has 2 atom stereocenters. The molecule has 1 aliphatic rings. The molecule has 21 heavy (non-hydrogen) atoms. The van der Waals surface area contributed by atoms with Crippen molar-refractivity contribution in [3.05, 3.63) is 0 Å². The number of aliphatic carboxylic acids is 1. The summed E-state index contributed by atoms with van der Waals surface area (Å²) in [5, 5.41) is 11.7. The third-order valence-electron chi connectivity index (χ3n) is 3.43. The minimum absolute atomic E-state index is 0.0388. The molecule has 0 saturated carbocycles. The Morgan fingerprint density at radius 2 is 2.05 bits per heavy atom. The molecule has 1 aliphatic heterocycles. The van der Waals surface area contributed by atoms with Gasteiger partial charge < -0.3 is 15.3 Å². The van der Waals surface area contributed by atoms with Gasteiger partial charge in [-0.15, -0.1) is 11.8 Å². The van der Waals surface area contributed by atoms with Crippen LogP contribution in [0.1, 0.15) is 46.0 Å². The zero-order valence-corrected chi connectivity index (χ0v) is 13.4. The Balaban J connectivity index is 2.63. The number of amides is 2. The second kappa shape index (κ2) is 8.92. The van der Waals surface area contributed by atoms with E-state index in [0.717, 1.165) is 19.3 Å². The Hall–Kier alpha value is -1.24. The molecule has 7 heteroatoms. The summed E-state index contributed by atoms with van der Waals surface area (Å²) in [4.78, 5) is 37.0. The second-order valence-electron chi connectivity index (χ2n) is 5.17. The quantitative estimate of drug-likeness (QED) is 0.708. The van der Waals surface area contributed by atoms with E-state index in [-0.39, 0.29) is 11.8 Å². The summed E-state index contributed by atoms with van der Waals surface area (Å²) in [5.74, 6) is -0.379. The Labute approximate surface area is 129 Å². The van der Waals surface area contributed by atoms with Gasteiger partial charge >= 0.3 is 5.97 Å². The molecule has 2 amide bonds. The van der Waals surface area contributed by atoms with Crippen LogP contribution in [0.3, 0.4) is 0 Å². The highest BCUT2D eigenvalue weighted by molar-refractivity contribution is 7.99. The predicted octanol–water partition coefficient (Wildman–Crippen LogP) is 1.45. The van der Waals surface area contributed by atoms with Gasteiger partial charge in [-0.05, 0) is 12.8 Å². The van der Waals surface area contributed by atoms with Gasteiger partial charge in [0.2, 0.25) is 11.8 Å². The van der Waals surface area contributed by atoms with Gasteiger partial charge in [-0.25, -0.2) is 4.79 Å². The maximum Gasteiger partial charge on any atom is 0.326 e. The molecule has 0 spiro atoms. The summed E-state index contributed by atoms with van der Waals surface area (Å²) in [6, 6.07) is -1.41. The van der Waals surface area contributed by atoms with Crippen LogP contribution in [0.15, 0.2) is 0 Å². The maximum absolute atomic E-state index is 12.3. The van der Waals surface area contributed by atoms with Crippen molar-refractivity contribution in [3.8, 4) is 0 Å². The van der Waals surface area contributed by atoms with Crippen LogP contribution < -0.4 is 5.32 Å². The van der Waals surface area contributed by atoms with Crippen LogP contribution in [0.4, 0.5) is 0 Å². The summed E-state index contributed by atoms with van der Waals surface area (Å²) < 4.78 is 0. The third-order valence-corrected chi connectivity index (χ3v) is 4.44. The molecular formula is C14H24N2O4S. The van der Waals surface area contributed by atoms with Crippen molar-refractivity contribution in [2.24, 2.45) is 0 Å². The summed E-state index contributed by atoms with van der Waals surface area (Å²) in [6.45, 7) is 3.89. The number of carboxylic acid groups (broad SMARTS) is 1. The third kappa shape index (κ3) is 5.22. The van der Waals surface area contributed by atoms with Crippen molar-refractivity contribution in [3.63, 3.8) is 0 Å². The molecule has 6 nitrogen and oxygen atoms in total. The molecule has 0 aromatic heterocycles. The molecule has 0 aromatic carbocycles. The molecule has 0 aromatic rings. The van der Waals surface area contributed by atoms with Crippen LogP contribution in [-0.2, 0) is 14.4 Å². The van der Waals surface area contributed by atoms with Crippen molar-refractivity contribution in [1.82, 2.24) is 10.2 Å². The number of unbranched alkanes of at least 4 members (excludes halogenated alkanes) is 1. The van der Waals surface area contributed by atoms with Crippen LogP contribution in [-0.4, -0.2) is 51.5 Å². The molecule has 1 saturated heterocycles. The number of nitrogens with one attached hydrogen (secondary N) is 1. The lowest BCUT2D eigenvalue weighted by molar-refractivity contribution is -0.143. The molecule has 120 valence electrons. The maximum atomic E-state index is 12.3. The van der Waals surface area contributed by atoms with Crippen molar-refractivity contribution in [2.45, 2.75) is 58.0 Å². The summed E-state index contributed by atoms with van der Waals surface area (Å²) in [7, 11) is 0. The first-order valence-electron chi connectivity index (χ1n) is 7.41. The number of carboxylic acids is 1. The molecule has 2 N–H and O–H groups in total. The monoisotopic (exact) mass is 316 g/mol. The Bertz CT molecular complexity index is 389. The van der Waals surface area contributed by atoms with E-state index in [1.165, 1.54) is 11.8 Å². The van der Waals surface area contributed by atoms with E-state index in [1.54, 1.807) is 4.90 Å². The number of thioether (sulfide) groups is 1. The first-order chi connectivity index (χ1) is 10.0. The molecule has 1 rings (SSSR count). The second-order valence-corrected chi connectivity index (χ2v) is 6.17. The minimum atomic E-state index is -1.02. The molecule has 1 heterocycles. The van der Waals surface area contributed by atoms with E-state index >= 15 is 0 Å². The minimum Gasteiger partial charge on any atom is -0.480 e. The summed E-state index contributed by atoms with van der Waals surface area (Å²) in [5.41, 5.74) is 0. The lowest BCUT2D eigenvalue weighted by Gasteiger charge is -2.24. The van der Waals surface area contributed by atoms with Crippen molar-refractivity contribution < 1.29 is 19.5 Å². The van der Waals surface area contributed by atoms with Crippen molar-refractivity contribution >= 4 is 29.5 Å². The Morgan fingerprint density at radius 1 is 1.33 bits per heavy atom. The Morgan fingerprint density at radius 3 is 2.62 bits per heavy atom. The molecule has 0 aliphatic carbocycles. The molecular weight excluding hydrogens is 292 g/mol. The van der Waals surface area contributed by atoms with E-state index < -0.39 is 18.1 Å². The zero-order valence-electron chi connectivity index (χ0n) is 12.6. The number of hydrogen-bond acceptors (Lipinski definition) is 4. The molecule has 0 radical (unpaired) electrons. The summed E-state index contributed by atoms with van der Waals surface area (Å²) in [6.07, 6.45) is 3.20. The number of nitrogens with zero attached hydrogens (tertiary/aromatic N) is 1. The van der Waals surface area contributed by atoms with E-state index in [1.807, 2.05) is 13.8 Å². The normalized spacial score (nSPS) is 19.3. The largest absolute Gasteiger partial charge is 0.480 e. The fraction of sp³-hybridized carbons (Fsp3) is 0.786. The lowest BCUT2D eigenvalue weighted by Crippen LogP contribution is -2.51. The topological polar surface area (TPSA) is 86.7 Å². The summed E-state index contributed by atoms with van der Waals surface area (Å²) >= 11 is 1.52. The van der Waals surface area contributed by atoms with E-state index in [0.29, 0.717) is 24.5 Å². The van der Waals surface area contributed by atoms with Gasteiger partial charge in [-0.2, -0.15) is 0 Å². The number of rotatable bonds is 8. The zero-order chi connectivity index (χ0) is 15.8. The number of carbonyl (C=O) groups excluding carboxylic acids is 2. The molecule has 1 unspecified atom stereocenters. The highest BCUT2D eigenvalue weighted by Gasteiger charge is 2.35. The Kier molecular flexibility index (Phi) is 7.56. The van der Waals surface area contributed by atoms with E-state index in [9.17, 15) is 14.4 Å². The van der Waals surface area contributed by atoms with Crippen LogP contribution in [0.2, 0.25) is 0 Å². The first-order valence-corrected chi connectivity index (χ1v) is 8.57. The van der Waals surface area contributed by atoms with E-state index in [2.05, 4.69) is 5.32 Å². The van der Waals surface area contributed by atoms with Gasteiger partial charge in [0.1, 0.15) is 12.1 Å². The molecule has 0 bridgehead atoms. The van der Waals surface area contributed by atoms with Crippen molar-refractivity contribution in [2.75, 3.05) is 11.6 Å². The van der Waals surface area contributed by atoms with Gasteiger partial charge in [-0.3, -0.25) is 9.59 Å². The fourth-order valence-electron chi connectivity index (χ4n) is 2.20. The van der Waals surface area contributed by atoms with Crippen LogP contribution in [0.25, 0.3) is 0 Å². The SMILES string of the molecule is CCCC[C@H](NC(=O)C1CSCN1C(=O)CCC)C(=O)O. The molecule has 1 fully saturated rings. The highest BCUT2D eigenvalue weighted by atomic mass is 32.2. The van der Waals surface area contributed by atoms with Crippen LogP contribution in [0.5, 0.6) is 0 Å². The first kappa shape index (κ1) is 17.8. The van der Waals surface area contributed by atoms with Gasteiger partial charge in [0.05, 0.1) is 5.88 Å². The average molecular weight is 316 g/mol. The standard InChI is InChI=1S/C14H24N2O4S/c1-3-5-7-10(14(19)20)15-13(18)11-8-21-9-16(11)12(17)6-4-2/h10-11H,3-9H2,1-2H3,(H,15,18)(H,19,20)/t10-,11?/m0/s1.